The van der Waals surface area contributed by atoms with Crippen LogP contribution in [0.3, 0.4) is 0 Å². The molecule has 3 heterocycles. The normalized spacial score (nSPS) is 24.5. The van der Waals surface area contributed by atoms with Gasteiger partial charge in [0, 0.05) is 12.1 Å². The van der Waals surface area contributed by atoms with Crippen molar-refractivity contribution >= 4 is 11.6 Å². The molecule has 2 fully saturated rings. The van der Waals surface area contributed by atoms with Gasteiger partial charge < -0.3 is 9.73 Å². The zero-order valence-electron chi connectivity index (χ0n) is 16.3. The maximum Gasteiger partial charge on any atom is 0.433 e. The van der Waals surface area contributed by atoms with Crippen molar-refractivity contribution < 1.29 is 22.4 Å². The maximum absolute atomic E-state index is 13.6. The van der Waals surface area contributed by atoms with Crippen molar-refractivity contribution in [3.05, 3.63) is 41.9 Å². The van der Waals surface area contributed by atoms with Crippen LogP contribution < -0.4 is 5.32 Å². The van der Waals surface area contributed by atoms with Crippen LogP contribution in [0.4, 0.5) is 13.2 Å². The van der Waals surface area contributed by atoms with Crippen molar-refractivity contribution in [3.63, 3.8) is 0 Å². The minimum absolute atomic E-state index is 0.0297. The summed E-state index contributed by atoms with van der Waals surface area (Å²) in [5.74, 6) is 1.51. The number of furan rings is 1. The molecule has 3 aromatic rings. The van der Waals surface area contributed by atoms with Crippen molar-refractivity contribution in [1.29, 1.82) is 0 Å². The second kappa shape index (κ2) is 6.85. The van der Waals surface area contributed by atoms with E-state index >= 15 is 0 Å². The molecular weight excluding hydrogens is 397 g/mol. The topological polar surface area (TPSA) is 72.4 Å². The lowest BCUT2D eigenvalue weighted by Crippen LogP contribution is -2.40. The van der Waals surface area contributed by atoms with Crippen LogP contribution in [-0.2, 0) is 6.18 Å². The summed E-state index contributed by atoms with van der Waals surface area (Å²) < 4.78 is 46.7. The molecule has 2 aliphatic carbocycles. The number of fused-ring (bicyclic) bond motifs is 3. The van der Waals surface area contributed by atoms with E-state index in [1.165, 1.54) is 37.7 Å². The summed E-state index contributed by atoms with van der Waals surface area (Å²) in [7, 11) is 0. The summed E-state index contributed by atoms with van der Waals surface area (Å²) in [6.45, 7) is 1.97. The third-order valence-corrected chi connectivity index (χ3v) is 6.52. The third kappa shape index (κ3) is 3.26. The summed E-state index contributed by atoms with van der Waals surface area (Å²) >= 11 is 0. The van der Waals surface area contributed by atoms with E-state index in [9.17, 15) is 18.0 Å². The van der Waals surface area contributed by atoms with E-state index in [4.69, 9.17) is 4.42 Å². The molecule has 6 nitrogen and oxygen atoms in total. The SMILES string of the molecule is C[C@@H](NC(=O)c1cc2nc(-c3ccco3)cc(C(F)(F)F)n2n1)[C@H]1C[C@H]2CC[C@H]1C2. The number of amides is 1. The predicted molar refractivity (Wildman–Crippen MR) is 102 cm³/mol. The zero-order valence-corrected chi connectivity index (χ0v) is 16.3. The minimum Gasteiger partial charge on any atom is -0.463 e. The molecule has 2 saturated carbocycles. The summed E-state index contributed by atoms with van der Waals surface area (Å²) in [6, 6.07) is 5.20. The number of carbonyl (C=O) groups is 1. The molecule has 0 aliphatic heterocycles. The van der Waals surface area contributed by atoms with E-state index in [1.807, 2.05) is 6.92 Å². The Hall–Kier alpha value is -2.84. The van der Waals surface area contributed by atoms with Crippen LogP contribution in [0.15, 0.2) is 34.9 Å². The van der Waals surface area contributed by atoms with Crippen LogP contribution in [-0.4, -0.2) is 26.5 Å². The number of nitrogens with one attached hydrogen (secondary N) is 1. The second-order valence-corrected chi connectivity index (χ2v) is 8.40. The third-order valence-electron chi connectivity index (χ3n) is 6.52. The highest BCUT2D eigenvalue weighted by molar-refractivity contribution is 5.93. The molecule has 2 bridgehead atoms. The molecule has 30 heavy (non-hydrogen) atoms. The average molecular weight is 418 g/mol. The maximum atomic E-state index is 13.6. The number of rotatable bonds is 4. The number of halogens is 3. The first-order valence-electron chi connectivity index (χ1n) is 10.1. The Morgan fingerprint density at radius 1 is 1.30 bits per heavy atom. The van der Waals surface area contributed by atoms with E-state index in [2.05, 4.69) is 15.4 Å². The van der Waals surface area contributed by atoms with E-state index in [0.29, 0.717) is 16.4 Å². The smallest absolute Gasteiger partial charge is 0.433 e. The van der Waals surface area contributed by atoms with Gasteiger partial charge >= 0.3 is 6.18 Å². The van der Waals surface area contributed by atoms with Gasteiger partial charge in [0.2, 0.25) is 0 Å². The number of hydrogen-bond acceptors (Lipinski definition) is 4. The lowest BCUT2D eigenvalue weighted by molar-refractivity contribution is -0.142. The average Bonchev–Trinajstić information content (AvgIpc) is 3.49. The van der Waals surface area contributed by atoms with Crippen molar-refractivity contribution in [2.45, 2.75) is 44.8 Å². The van der Waals surface area contributed by atoms with Gasteiger partial charge in [0.25, 0.3) is 5.91 Å². The molecule has 1 N–H and O–H groups in total. The first kappa shape index (κ1) is 19.1. The van der Waals surface area contributed by atoms with Gasteiger partial charge in [-0.2, -0.15) is 18.3 Å². The van der Waals surface area contributed by atoms with E-state index in [-0.39, 0.29) is 28.8 Å². The largest absolute Gasteiger partial charge is 0.463 e. The molecule has 2 aliphatic rings. The van der Waals surface area contributed by atoms with E-state index in [1.54, 1.807) is 6.07 Å². The monoisotopic (exact) mass is 418 g/mol. The van der Waals surface area contributed by atoms with Crippen LogP contribution in [0.1, 0.15) is 48.8 Å². The standard InChI is InChI=1S/C21H21F3N4O2/c1-11(14-8-12-4-5-13(14)7-12)25-20(29)16-10-19-26-15(17-3-2-6-30-17)9-18(21(22,23)24)28(19)27-16/h2-3,6,9-14H,4-5,7-8H2,1H3,(H,25,29)/t11-,12+,13+,14-/m1/s1. The Morgan fingerprint density at radius 2 is 2.13 bits per heavy atom. The number of hydrogen-bond donors (Lipinski definition) is 1. The molecule has 5 rings (SSSR count). The summed E-state index contributed by atoms with van der Waals surface area (Å²) in [6.07, 6.45) is 1.47. The number of aromatic nitrogens is 3. The van der Waals surface area contributed by atoms with Gasteiger partial charge in [-0.1, -0.05) is 6.42 Å². The molecule has 0 aromatic carbocycles. The number of carbonyl (C=O) groups excluding carboxylic acids is 1. The van der Waals surface area contributed by atoms with Crippen LogP contribution in [0.2, 0.25) is 0 Å². The predicted octanol–water partition coefficient (Wildman–Crippen LogP) is 4.56. The number of nitrogens with zero attached hydrogens (tertiary/aromatic N) is 3. The molecular formula is C21H21F3N4O2. The van der Waals surface area contributed by atoms with Crippen molar-refractivity contribution in [2.24, 2.45) is 17.8 Å². The van der Waals surface area contributed by atoms with E-state index in [0.717, 1.165) is 18.4 Å². The minimum atomic E-state index is -4.67. The summed E-state index contributed by atoms with van der Waals surface area (Å²) in [4.78, 5) is 17.0. The highest BCUT2D eigenvalue weighted by Gasteiger charge is 2.42. The van der Waals surface area contributed by atoms with Crippen molar-refractivity contribution in [3.8, 4) is 11.5 Å². The van der Waals surface area contributed by atoms with Gasteiger partial charge in [0.15, 0.2) is 22.8 Å². The van der Waals surface area contributed by atoms with Crippen LogP contribution >= 0.6 is 0 Å². The van der Waals surface area contributed by atoms with Crippen molar-refractivity contribution in [1.82, 2.24) is 19.9 Å². The Kier molecular flexibility index (Phi) is 4.37. The Bertz CT molecular complexity index is 1090. The molecule has 4 atom stereocenters. The van der Waals surface area contributed by atoms with Crippen molar-refractivity contribution in [2.75, 3.05) is 0 Å². The Labute approximate surface area is 170 Å². The fourth-order valence-electron chi connectivity index (χ4n) is 5.13. The molecule has 0 saturated heterocycles. The molecule has 9 heteroatoms. The quantitative estimate of drug-likeness (QED) is 0.674. The fraction of sp³-hybridized carbons (Fsp3) is 0.476. The second-order valence-electron chi connectivity index (χ2n) is 8.40. The van der Waals surface area contributed by atoms with Gasteiger partial charge in [0.1, 0.15) is 5.69 Å². The van der Waals surface area contributed by atoms with Gasteiger partial charge in [-0.25, -0.2) is 9.50 Å². The Balaban J connectivity index is 1.45. The molecule has 0 radical (unpaired) electrons. The summed E-state index contributed by atoms with van der Waals surface area (Å²) in [5.41, 5.74) is -1.13. The molecule has 0 spiro atoms. The zero-order chi connectivity index (χ0) is 21.0. The molecule has 0 unspecified atom stereocenters. The number of alkyl halides is 3. The highest BCUT2D eigenvalue weighted by Crippen LogP contribution is 2.49. The van der Waals surface area contributed by atoms with Gasteiger partial charge in [-0.3, -0.25) is 4.79 Å². The lowest BCUT2D eigenvalue weighted by Gasteiger charge is -2.28. The first-order valence-corrected chi connectivity index (χ1v) is 10.1. The molecule has 3 aromatic heterocycles. The highest BCUT2D eigenvalue weighted by atomic mass is 19.4. The van der Waals surface area contributed by atoms with Gasteiger partial charge in [-0.05, 0) is 62.1 Å². The van der Waals surface area contributed by atoms with Crippen LogP contribution in [0.25, 0.3) is 17.1 Å². The lowest BCUT2D eigenvalue weighted by atomic mass is 9.84. The molecule has 158 valence electrons. The molecule has 1 amide bonds. The van der Waals surface area contributed by atoms with E-state index < -0.39 is 17.8 Å². The first-order chi connectivity index (χ1) is 14.3. The van der Waals surface area contributed by atoms with Crippen LogP contribution in [0, 0.1) is 17.8 Å². The fourth-order valence-corrected chi connectivity index (χ4v) is 5.13. The Morgan fingerprint density at radius 3 is 2.77 bits per heavy atom. The van der Waals surface area contributed by atoms with Crippen LogP contribution in [0.5, 0.6) is 0 Å². The van der Waals surface area contributed by atoms with Gasteiger partial charge in [-0.15, -0.1) is 0 Å². The summed E-state index contributed by atoms with van der Waals surface area (Å²) in [5, 5.41) is 6.86. The van der Waals surface area contributed by atoms with Gasteiger partial charge in [0.05, 0.1) is 6.26 Å².